The Morgan fingerprint density at radius 3 is 2.16 bits per heavy atom. The fourth-order valence-electron chi connectivity index (χ4n) is 4.57. The molecule has 3 nitrogen and oxygen atoms in total. The van der Waals surface area contributed by atoms with Crippen LogP contribution in [-0.2, 0) is 11.2 Å². The van der Waals surface area contributed by atoms with Gasteiger partial charge >= 0.3 is 0 Å². The number of benzene rings is 4. The van der Waals surface area contributed by atoms with Crippen LogP contribution in [0.4, 0.5) is 0 Å². The molecule has 0 radical (unpaired) electrons. The van der Waals surface area contributed by atoms with Crippen LogP contribution in [0.5, 0.6) is 5.75 Å². The van der Waals surface area contributed by atoms with Crippen LogP contribution in [0.25, 0.3) is 21.5 Å². The van der Waals surface area contributed by atoms with Crippen LogP contribution in [0.15, 0.2) is 72.8 Å². The number of aliphatic hydroxyl groups is 1. The Kier molecular flexibility index (Phi) is 4.66. The van der Waals surface area contributed by atoms with Crippen molar-refractivity contribution >= 4 is 21.5 Å². The summed E-state index contributed by atoms with van der Waals surface area (Å²) >= 11 is 0. The van der Waals surface area contributed by atoms with Crippen molar-refractivity contribution in [2.45, 2.75) is 31.5 Å². The highest BCUT2D eigenvalue weighted by atomic mass is 16.6. The third-order valence-electron chi connectivity index (χ3n) is 6.63. The van der Waals surface area contributed by atoms with Gasteiger partial charge in [-0.05, 0) is 57.5 Å². The first-order valence-electron chi connectivity index (χ1n) is 11.2. The Balaban J connectivity index is 1.51. The zero-order chi connectivity index (χ0) is 20.8. The Bertz CT molecular complexity index is 1250. The Morgan fingerprint density at radius 2 is 1.48 bits per heavy atom. The van der Waals surface area contributed by atoms with E-state index in [-0.39, 0.29) is 6.10 Å². The second kappa shape index (κ2) is 7.67. The average molecular weight is 411 g/mol. The molecule has 0 amide bonds. The molecule has 2 fully saturated rings. The van der Waals surface area contributed by atoms with Crippen molar-refractivity contribution in [1.82, 2.24) is 0 Å². The third-order valence-corrected chi connectivity index (χ3v) is 6.63. The Morgan fingerprint density at radius 1 is 0.839 bits per heavy atom. The summed E-state index contributed by atoms with van der Waals surface area (Å²) in [6.07, 6.45) is 2.54. The van der Waals surface area contributed by atoms with E-state index < -0.39 is 6.10 Å². The van der Waals surface area contributed by atoms with Crippen LogP contribution in [0.2, 0.25) is 0 Å². The molecule has 2 unspecified atom stereocenters. The predicted octanol–water partition coefficient (Wildman–Crippen LogP) is 5.80. The van der Waals surface area contributed by atoms with Crippen LogP contribution in [-0.4, -0.2) is 24.4 Å². The van der Waals surface area contributed by atoms with E-state index in [1.54, 1.807) is 0 Å². The smallest absolute Gasteiger partial charge is 0.123 e. The van der Waals surface area contributed by atoms with Crippen LogP contribution in [0.3, 0.4) is 0 Å². The molecule has 156 valence electrons. The lowest BCUT2D eigenvalue weighted by molar-refractivity contribution is 0.136. The monoisotopic (exact) mass is 410 g/mol. The number of epoxide rings is 1. The molecule has 1 aliphatic carbocycles. The molecule has 1 heterocycles. The lowest BCUT2D eigenvalue weighted by Gasteiger charge is -2.20. The first kappa shape index (κ1) is 18.9. The van der Waals surface area contributed by atoms with Gasteiger partial charge in [0.05, 0.1) is 13.2 Å². The molecular formula is C28H26O3. The summed E-state index contributed by atoms with van der Waals surface area (Å²) in [5.74, 6) is 1.66. The van der Waals surface area contributed by atoms with E-state index in [1.807, 2.05) is 0 Å². The number of hydrogen-bond donors (Lipinski definition) is 1. The predicted molar refractivity (Wildman–Crippen MR) is 124 cm³/mol. The van der Waals surface area contributed by atoms with Gasteiger partial charge in [-0.3, -0.25) is 0 Å². The molecular weight excluding hydrogens is 384 g/mol. The molecule has 4 aromatic carbocycles. The second-order valence-corrected chi connectivity index (χ2v) is 8.87. The highest BCUT2D eigenvalue weighted by molar-refractivity contribution is 5.91. The summed E-state index contributed by atoms with van der Waals surface area (Å²) < 4.78 is 11.8. The number of aliphatic hydroxyl groups excluding tert-OH is 1. The largest absolute Gasteiger partial charge is 0.493 e. The molecule has 1 aliphatic heterocycles. The zero-order valence-corrected chi connectivity index (χ0v) is 17.5. The lowest BCUT2D eigenvalue weighted by Crippen LogP contribution is -2.10. The molecule has 2 aliphatic rings. The van der Waals surface area contributed by atoms with Crippen LogP contribution < -0.4 is 4.74 Å². The number of hydrogen-bond acceptors (Lipinski definition) is 3. The van der Waals surface area contributed by atoms with Gasteiger partial charge < -0.3 is 14.6 Å². The van der Waals surface area contributed by atoms with Crippen molar-refractivity contribution in [3.05, 3.63) is 89.5 Å². The molecule has 2 atom stereocenters. The van der Waals surface area contributed by atoms with Gasteiger partial charge in [0.25, 0.3) is 0 Å². The topological polar surface area (TPSA) is 42.0 Å². The summed E-state index contributed by atoms with van der Waals surface area (Å²) in [4.78, 5) is 0. The molecule has 1 saturated carbocycles. The first-order valence-corrected chi connectivity index (χ1v) is 11.2. The fourth-order valence-corrected chi connectivity index (χ4v) is 4.57. The molecule has 1 N–H and O–H groups in total. The van der Waals surface area contributed by atoms with E-state index in [1.165, 1.54) is 39.9 Å². The van der Waals surface area contributed by atoms with Crippen LogP contribution in [0.1, 0.15) is 35.6 Å². The molecule has 4 aromatic rings. The van der Waals surface area contributed by atoms with Gasteiger partial charge in [-0.15, -0.1) is 0 Å². The van der Waals surface area contributed by atoms with E-state index in [9.17, 15) is 5.11 Å². The van der Waals surface area contributed by atoms with Gasteiger partial charge in [0.2, 0.25) is 0 Å². The van der Waals surface area contributed by atoms with Crippen molar-refractivity contribution in [1.29, 1.82) is 0 Å². The molecule has 31 heavy (non-hydrogen) atoms. The summed E-state index contributed by atoms with van der Waals surface area (Å²) in [5.41, 5.74) is 3.32. The summed E-state index contributed by atoms with van der Waals surface area (Å²) in [6.45, 7) is 1.41. The maximum absolute atomic E-state index is 11.0. The quantitative estimate of drug-likeness (QED) is 0.391. The third kappa shape index (κ3) is 3.69. The van der Waals surface area contributed by atoms with Crippen molar-refractivity contribution < 1.29 is 14.6 Å². The highest BCUT2D eigenvalue weighted by Gasteiger charge is 2.34. The lowest BCUT2D eigenvalue weighted by atomic mass is 9.88. The van der Waals surface area contributed by atoms with Gasteiger partial charge in [-0.2, -0.15) is 0 Å². The van der Waals surface area contributed by atoms with Crippen molar-refractivity contribution in [3.8, 4) is 5.75 Å². The summed E-state index contributed by atoms with van der Waals surface area (Å²) in [7, 11) is 0. The SMILES string of the molecule is OC(c1ccc2ccccc2c1Cc1c(OCC2CC2)ccc2ccccc12)C1CO1. The minimum Gasteiger partial charge on any atom is -0.493 e. The van der Waals surface area contributed by atoms with Crippen molar-refractivity contribution in [2.75, 3.05) is 13.2 Å². The molecule has 6 rings (SSSR count). The van der Waals surface area contributed by atoms with Gasteiger partial charge in [-0.25, -0.2) is 0 Å². The summed E-state index contributed by atoms with van der Waals surface area (Å²) in [6, 6.07) is 25.4. The standard InChI is InChI=1S/C28H26O3/c29-28(27-17-31-27)23-13-11-19-5-1-3-7-21(19)24(23)15-25-22-8-4-2-6-20(22)12-14-26(25)30-16-18-9-10-18/h1-8,11-14,18,27-29H,9-10,15-17H2. The van der Waals surface area contributed by atoms with E-state index in [2.05, 4.69) is 72.8 Å². The normalized spacial score (nSPS) is 18.9. The molecule has 0 spiro atoms. The van der Waals surface area contributed by atoms with Gasteiger partial charge in [0, 0.05) is 12.0 Å². The Labute approximate surface area is 182 Å². The highest BCUT2D eigenvalue weighted by Crippen LogP contribution is 2.38. The molecule has 0 aromatic heterocycles. The Hall–Kier alpha value is -2.88. The molecule has 3 heteroatoms. The van der Waals surface area contributed by atoms with Crippen molar-refractivity contribution in [2.24, 2.45) is 5.92 Å². The van der Waals surface area contributed by atoms with Crippen LogP contribution >= 0.6 is 0 Å². The van der Waals surface area contributed by atoms with E-state index in [0.717, 1.165) is 23.5 Å². The fraction of sp³-hybridized carbons (Fsp3) is 0.286. The number of ether oxygens (including phenoxy) is 2. The van der Waals surface area contributed by atoms with Gasteiger partial charge in [0.1, 0.15) is 18.0 Å². The van der Waals surface area contributed by atoms with Crippen LogP contribution in [0, 0.1) is 5.92 Å². The molecule has 1 saturated heterocycles. The van der Waals surface area contributed by atoms with Gasteiger partial charge in [0.15, 0.2) is 0 Å². The number of rotatable bonds is 7. The van der Waals surface area contributed by atoms with Gasteiger partial charge in [-0.1, -0.05) is 66.7 Å². The minimum atomic E-state index is -0.606. The van der Waals surface area contributed by atoms with E-state index >= 15 is 0 Å². The van der Waals surface area contributed by atoms with E-state index in [4.69, 9.17) is 9.47 Å². The minimum absolute atomic E-state index is 0.0991. The average Bonchev–Trinajstić information content (AvgIpc) is 3.72. The first-order chi connectivity index (χ1) is 15.3. The second-order valence-electron chi connectivity index (χ2n) is 8.87. The maximum Gasteiger partial charge on any atom is 0.123 e. The molecule has 0 bridgehead atoms. The maximum atomic E-state index is 11.0. The zero-order valence-electron chi connectivity index (χ0n) is 17.5. The summed E-state index contributed by atoms with van der Waals surface area (Å²) in [5, 5.41) is 15.8. The van der Waals surface area contributed by atoms with Crippen molar-refractivity contribution in [3.63, 3.8) is 0 Å². The number of fused-ring (bicyclic) bond motifs is 2. The van der Waals surface area contributed by atoms with E-state index in [0.29, 0.717) is 18.9 Å².